The molecule has 140 valence electrons. The Morgan fingerprint density at radius 3 is 1.41 bits per heavy atom. The maximum atomic E-state index is 10.6. The van der Waals surface area contributed by atoms with E-state index >= 15 is 0 Å². The van der Waals surface area contributed by atoms with Crippen LogP contribution < -0.4 is 0 Å². The van der Waals surface area contributed by atoms with Crippen LogP contribution in [-0.4, -0.2) is 25.5 Å². The smallest absolute Gasteiger partial charge is 0.123 e. The van der Waals surface area contributed by atoms with Crippen molar-refractivity contribution in [3.8, 4) is 28.7 Å². The molecule has 0 aromatic heterocycles. The fraction of sp³-hybridized carbons (Fsp3) is 0.182. The van der Waals surface area contributed by atoms with E-state index in [0.717, 1.165) is 0 Å². The molecule has 5 nitrogen and oxygen atoms in total. The van der Waals surface area contributed by atoms with E-state index < -0.39 is 5.41 Å². The van der Waals surface area contributed by atoms with E-state index in [-0.39, 0.29) is 28.7 Å². The third-order valence-corrected chi connectivity index (χ3v) is 5.15. The summed E-state index contributed by atoms with van der Waals surface area (Å²) < 4.78 is 0. The third-order valence-electron chi connectivity index (χ3n) is 5.15. The van der Waals surface area contributed by atoms with E-state index in [1.54, 1.807) is 38.1 Å². The number of aromatic hydroxyl groups is 5. The normalized spacial score (nSPS) is 11.5. The van der Waals surface area contributed by atoms with Crippen LogP contribution in [0.5, 0.6) is 28.7 Å². The molecule has 0 saturated heterocycles. The quantitative estimate of drug-likeness (QED) is 0.448. The summed E-state index contributed by atoms with van der Waals surface area (Å²) in [6.07, 6.45) is 0. The highest BCUT2D eigenvalue weighted by Crippen LogP contribution is 2.48. The van der Waals surface area contributed by atoms with Crippen LogP contribution in [0.15, 0.2) is 48.5 Å². The fourth-order valence-electron chi connectivity index (χ4n) is 3.42. The number of hydrogen-bond acceptors (Lipinski definition) is 5. The lowest BCUT2D eigenvalue weighted by molar-refractivity contribution is 0.425. The Morgan fingerprint density at radius 2 is 1.00 bits per heavy atom. The predicted octanol–water partition coefficient (Wildman–Crippen LogP) is 4.19. The van der Waals surface area contributed by atoms with Gasteiger partial charge in [-0.1, -0.05) is 12.1 Å². The van der Waals surface area contributed by atoms with Crippen LogP contribution in [0.1, 0.15) is 34.7 Å². The number of hydrogen-bond donors (Lipinski definition) is 5. The van der Waals surface area contributed by atoms with Gasteiger partial charge >= 0.3 is 0 Å². The minimum atomic E-state index is -1.02. The summed E-state index contributed by atoms with van der Waals surface area (Å²) in [4.78, 5) is 0. The first kappa shape index (κ1) is 18.5. The second-order valence-corrected chi connectivity index (χ2v) is 6.98. The van der Waals surface area contributed by atoms with Gasteiger partial charge < -0.3 is 25.5 Å². The summed E-state index contributed by atoms with van der Waals surface area (Å²) >= 11 is 0. The van der Waals surface area contributed by atoms with Crippen LogP contribution in [0.3, 0.4) is 0 Å². The second-order valence-electron chi connectivity index (χ2n) is 6.98. The topological polar surface area (TPSA) is 101 Å². The Balaban J connectivity index is 2.40. The Labute approximate surface area is 157 Å². The van der Waals surface area contributed by atoms with Crippen molar-refractivity contribution in [1.29, 1.82) is 0 Å². The highest BCUT2D eigenvalue weighted by Gasteiger charge is 2.37. The Kier molecular flexibility index (Phi) is 4.39. The van der Waals surface area contributed by atoms with Crippen molar-refractivity contribution >= 4 is 0 Å². The molecular weight excluding hydrogens is 344 g/mol. The van der Waals surface area contributed by atoms with Crippen LogP contribution in [0, 0.1) is 13.8 Å². The second kappa shape index (κ2) is 6.43. The zero-order valence-electron chi connectivity index (χ0n) is 15.4. The molecular formula is C22H22O5. The summed E-state index contributed by atoms with van der Waals surface area (Å²) in [5.41, 5.74) is 1.79. The van der Waals surface area contributed by atoms with E-state index in [9.17, 15) is 25.5 Å². The van der Waals surface area contributed by atoms with Gasteiger partial charge in [-0.2, -0.15) is 0 Å². The van der Waals surface area contributed by atoms with Crippen LogP contribution >= 0.6 is 0 Å². The van der Waals surface area contributed by atoms with Crippen molar-refractivity contribution < 1.29 is 25.5 Å². The molecule has 5 heteroatoms. The molecule has 3 aromatic carbocycles. The van der Waals surface area contributed by atoms with Crippen molar-refractivity contribution in [2.45, 2.75) is 26.2 Å². The Hall–Kier alpha value is -3.34. The molecule has 0 heterocycles. The standard InChI is InChI=1S/C22H22O5/c1-12-8-16(20(26)10-18(12)24)22(3,14-4-6-15(23)7-5-14)17-9-13(2)19(25)11-21(17)27/h4-11,23-27H,1-3H3. The Bertz CT molecular complexity index is 949. The molecule has 0 atom stereocenters. The van der Waals surface area contributed by atoms with Crippen LogP contribution in [0.4, 0.5) is 0 Å². The maximum Gasteiger partial charge on any atom is 0.123 e. The van der Waals surface area contributed by atoms with Gasteiger partial charge in [-0.15, -0.1) is 0 Å². The number of aryl methyl sites for hydroxylation is 2. The molecule has 0 aliphatic heterocycles. The molecule has 0 unspecified atom stereocenters. The summed E-state index contributed by atoms with van der Waals surface area (Å²) in [6.45, 7) is 5.27. The summed E-state index contributed by atoms with van der Waals surface area (Å²) in [6, 6.07) is 12.3. The maximum absolute atomic E-state index is 10.6. The molecule has 0 fully saturated rings. The summed E-state index contributed by atoms with van der Waals surface area (Å²) in [5.74, 6) is -0.221. The molecule has 0 amide bonds. The molecule has 3 rings (SSSR count). The predicted molar refractivity (Wildman–Crippen MR) is 103 cm³/mol. The zero-order valence-corrected chi connectivity index (χ0v) is 15.4. The van der Waals surface area contributed by atoms with Crippen molar-refractivity contribution in [3.63, 3.8) is 0 Å². The van der Waals surface area contributed by atoms with Gasteiger partial charge in [0, 0.05) is 28.7 Å². The fourth-order valence-corrected chi connectivity index (χ4v) is 3.42. The highest BCUT2D eigenvalue weighted by molar-refractivity contribution is 5.62. The van der Waals surface area contributed by atoms with Crippen molar-refractivity contribution in [2.75, 3.05) is 0 Å². The average Bonchev–Trinajstić information content (AvgIpc) is 2.61. The van der Waals surface area contributed by atoms with Gasteiger partial charge in [0.15, 0.2) is 0 Å². The van der Waals surface area contributed by atoms with Crippen molar-refractivity contribution in [2.24, 2.45) is 0 Å². The molecule has 0 aliphatic rings. The first-order valence-electron chi connectivity index (χ1n) is 8.50. The lowest BCUT2D eigenvalue weighted by Crippen LogP contribution is -2.26. The monoisotopic (exact) mass is 366 g/mol. The van der Waals surface area contributed by atoms with Gasteiger partial charge in [0.1, 0.15) is 28.7 Å². The van der Waals surface area contributed by atoms with Crippen molar-refractivity contribution in [3.05, 3.63) is 76.3 Å². The number of phenolic OH excluding ortho intramolecular Hbond substituents is 5. The SMILES string of the molecule is Cc1cc(C(C)(c2ccc(O)cc2)c2cc(C)c(O)cc2O)c(O)cc1O. The highest BCUT2D eigenvalue weighted by atomic mass is 16.3. The van der Waals surface area contributed by atoms with Gasteiger partial charge in [0.25, 0.3) is 0 Å². The summed E-state index contributed by atoms with van der Waals surface area (Å²) in [7, 11) is 0. The molecule has 0 bridgehead atoms. The number of benzene rings is 3. The number of phenols is 5. The molecule has 3 aromatic rings. The van der Waals surface area contributed by atoms with E-state index in [2.05, 4.69) is 0 Å². The lowest BCUT2D eigenvalue weighted by Gasteiger charge is -2.33. The minimum Gasteiger partial charge on any atom is -0.508 e. The minimum absolute atomic E-state index is 0.0320. The number of rotatable bonds is 3. The molecule has 0 aliphatic carbocycles. The zero-order chi connectivity index (χ0) is 19.9. The first-order valence-corrected chi connectivity index (χ1v) is 8.50. The average molecular weight is 366 g/mol. The van der Waals surface area contributed by atoms with Crippen LogP contribution in [0.25, 0.3) is 0 Å². The van der Waals surface area contributed by atoms with E-state index in [4.69, 9.17) is 0 Å². The van der Waals surface area contributed by atoms with E-state index in [1.165, 1.54) is 24.3 Å². The van der Waals surface area contributed by atoms with E-state index in [1.807, 2.05) is 6.92 Å². The van der Waals surface area contributed by atoms with Gasteiger partial charge in [-0.05, 0) is 61.7 Å². The summed E-state index contributed by atoms with van der Waals surface area (Å²) in [5, 5.41) is 50.7. The molecule has 27 heavy (non-hydrogen) atoms. The van der Waals surface area contributed by atoms with Gasteiger partial charge in [0.05, 0.1) is 0 Å². The molecule has 0 radical (unpaired) electrons. The Morgan fingerprint density at radius 1 is 0.593 bits per heavy atom. The van der Waals surface area contributed by atoms with Crippen molar-refractivity contribution in [1.82, 2.24) is 0 Å². The molecule has 0 saturated carbocycles. The molecule has 0 spiro atoms. The first-order chi connectivity index (χ1) is 12.6. The van der Waals surface area contributed by atoms with Crippen LogP contribution in [0.2, 0.25) is 0 Å². The molecule has 5 N–H and O–H groups in total. The largest absolute Gasteiger partial charge is 0.508 e. The third kappa shape index (κ3) is 3.01. The van der Waals surface area contributed by atoms with Gasteiger partial charge in [0.2, 0.25) is 0 Å². The van der Waals surface area contributed by atoms with Gasteiger partial charge in [-0.25, -0.2) is 0 Å². The lowest BCUT2D eigenvalue weighted by atomic mass is 9.69. The van der Waals surface area contributed by atoms with E-state index in [0.29, 0.717) is 27.8 Å². The van der Waals surface area contributed by atoms with Gasteiger partial charge in [-0.3, -0.25) is 0 Å². The van der Waals surface area contributed by atoms with Crippen LogP contribution in [-0.2, 0) is 5.41 Å².